The number of carbonyl (C=O) groups excluding carboxylic acids is 1. The third-order valence-electron chi connectivity index (χ3n) is 4.09. The lowest BCUT2D eigenvalue weighted by atomic mass is 10.1. The summed E-state index contributed by atoms with van der Waals surface area (Å²) in [7, 11) is 0. The molecule has 1 amide bonds. The molecule has 3 N–H and O–H groups in total. The molecule has 3 rings (SSSR count). The maximum absolute atomic E-state index is 12.8. The van der Waals surface area contributed by atoms with Crippen LogP contribution in [-0.4, -0.2) is 27.1 Å². The monoisotopic (exact) mass is 405 g/mol. The number of rotatable bonds is 5. The van der Waals surface area contributed by atoms with Crippen molar-refractivity contribution in [2.75, 3.05) is 5.32 Å². The summed E-state index contributed by atoms with van der Waals surface area (Å²) in [6.45, 7) is 0.306. The van der Waals surface area contributed by atoms with Crippen LogP contribution in [-0.2, 0) is 6.54 Å². The maximum Gasteiger partial charge on any atom is 0.336 e. The summed E-state index contributed by atoms with van der Waals surface area (Å²) in [4.78, 5) is 24.3. The van der Waals surface area contributed by atoms with Crippen LogP contribution in [0.2, 0.25) is 0 Å². The van der Waals surface area contributed by atoms with Gasteiger partial charge in [0.25, 0.3) is 5.91 Å². The molecule has 0 radical (unpaired) electrons. The van der Waals surface area contributed by atoms with Gasteiger partial charge in [-0.2, -0.15) is 0 Å². The van der Waals surface area contributed by atoms with Gasteiger partial charge in [0.2, 0.25) is 0 Å². The molecule has 3 aromatic rings. The molecule has 0 aliphatic carbocycles. The Hall–Kier alpha value is -3.71. The highest BCUT2D eigenvalue weighted by atomic mass is 32.1. The molecule has 0 aliphatic rings. The van der Waals surface area contributed by atoms with Gasteiger partial charge in [0.15, 0.2) is 5.11 Å². The number of nitrogens with zero attached hydrogens (tertiary/aromatic N) is 1. The van der Waals surface area contributed by atoms with E-state index in [9.17, 15) is 14.7 Å². The van der Waals surface area contributed by atoms with Crippen molar-refractivity contribution >= 4 is 34.9 Å². The third kappa shape index (κ3) is 5.40. The highest BCUT2D eigenvalue weighted by molar-refractivity contribution is 7.80. The minimum Gasteiger partial charge on any atom is -0.478 e. The summed E-state index contributed by atoms with van der Waals surface area (Å²) in [6, 6.07) is 24.9. The van der Waals surface area contributed by atoms with Crippen molar-refractivity contribution in [3.05, 3.63) is 102 Å². The Balaban J connectivity index is 1.83. The molecule has 0 heterocycles. The Bertz CT molecular complexity index is 1010. The third-order valence-corrected chi connectivity index (χ3v) is 4.41. The maximum atomic E-state index is 12.8. The van der Waals surface area contributed by atoms with Gasteiger partial charge in [-0.25, -0.2) is 4.79 Å². The topological polar surface area (TPSA) is 81.7 Å². The van der Waals surface area contributed by atoms with Gasteiger partial charge >= 0.3 is 5.97 Å². The lowest BCUT2D eigenvalue weighted by Gasteiger charge is -2.26. The van der Waals surface area contributed by atoms with Crippen LogP contribution in [0.3, 0.4) is 0 Å². The molecule has 146 valence electrons. The number of amides is 1. The molecule has 0 aromatic heterocycles. The Morgan fingerprint density at radius 1 is 0.828 bits per heavy atom. The highest BCUT2D eigenvalue weighted by Gasteiger charge is 2.20. The van der Waals surface area contributed by atoms with E-state index in [1.165, 1.54) is 17.1 Å². The van der Waals surface area contributed by atoms with Crippen molar-refractivity contribution in [3.8, 4) is 0 Å². The number of carboxylic acids is 1. The fourth-order valence-electron chi connectivity index (χ4n) is 2.69. The summed E-state index contributed by atoms with van der Waals surface area (Å²) in [5, 5.41) is 14.2. The molecule has 7 heteroatoms. The van der Waals surface area contributed by atoms with Crippen LogP contribution in [0.25, 0.3) is 0 Å². The molecule has 29 heavy (non-hydrogen) atoms. The first-order valence-electron chi connectivity index (χ1n) is 8.85. The number of thiocarbonyl (C=S) groups is 1. The number of hydrogen-bond acceptors (Lipinski definition) is 3. The average Bonchev–Trinajstić information content (AvgIpc) is 2.74. The molecule has 3 aromatic carbocycles. The van der Waals surface area contributed by atoms with Gasteiger partial charge < -0.3 is 10.4 Å². The zero-order valence-corrected chi connectivity index (χ0v) is 16.2. The summed E-state index contributed by atoms with van der Waals surface area (Å²) in [5.74, 6) is -1.73. The zero-order chi connectivity index (χ0) is 20.6. The summed E-state index contributed by atoms with van der Waals surface area (Å²) in [6.07, 6.45) is 0. The van der Waals surface area contributed by atoms with E-state index in [0.29, 0.717) is 6.54 Å². The molecule has 6 nitrogen and oxygen atoms in total. The smallest absolute Gasteiger partial charge is 0.336 e. The van der Waals surface area contributed by atoms with E-state index in [1.807, 2.05) is 60.7 Å². The Morgan fingerprint density at radius 2 is 1.38 bits per heavy atom. The van der Waals surface area contributed by atoms with Gasteiger partial charge in [0.05, 0.1) is 17.7 Å². The van der Waals surface area contributed by atoms with Gasteiger partial charge in [0, 0.05) is 5.69 Å². The zero-order valence-electron chi connectivity index (χ0n) is 15.4. The lowest BCUT2D eigenvalue weighted by molar-refractivity contribution is 0.0688. The first-order valence-corrected chi connectivity index (χ1v) is 9.26. The highest BCUT2D eigenvalue weighted by Crippen LogP contribution is 2.12. The van der Waals surface area contributed by atoms with E-state index in [-0.39, 0.29) is 16.2 Å². The second-order valence-electron chi connectivity index (χ2n) is 6.16. The molecule has 0 bridgehead atoms. The second-order valence-corrected chi connectivity index (χ2v) is 6.55. The molecule has 0 spiro atoms. The van der Waals surface area contributed by atoms with Crippen molar-refractivity contribution in [2.45, 2.75) is 6.54 Å². The fraction of sp³-hybridized carbons (Fsp3) is 0.0455. The van der Waals surface area contributed by atoms with Crippen LogP contribution in [0.4, 0.5) is 5.69 Å². The number of hydrogen-bond donors (Lipinski definition) is 3. The predicted octanol–water partition coefficient (Wildman–Crippen LogP) is 3.93. The van der Waals surface area contributed by atoms with Gasteiger partial charge in [0.1, 0.15) is 0 Å². The average molecular weight is 405 g/mol. The Morgan fingerprint density at radius 3 is 2.00 bits per heavy atom. The minimum atomic E-state index is -1.17. The van der Waals surface area contributed by atoms with Gasteiger partial charge in [-0.1, -0.05) is 60.7 Å². The Kier molecular flexibility index (Phi) is 6.55. The summed E-state index contributed by atoms with van der Waals surface area (Å²) in [5.41, 5.74) is 4.40. The summed E-state index contributed by atoms with van der Waals surface area (Å²) < 4.78 is 0. The van der Waals surface area contributed by atoms with E-state index in [0.717, 1.165) is 11.3 Å². The number of para-hydroxylation sites is 1. The van der Waals surface area contributed by atoms with Crippen molar-refractivity contribution in [1.29, 1.82) is 0 Å². The van der Waals surface area contributed by atoms with Crippen molar-refractivity contribution in [2.24, 2.45) is 0 Å². The van der Waals surface area contributed by atoms with Gasteiger partial charge in [-0.3, -0.25) is 15.2 Å². The van der Waals surface area contributed by atoms with Crippen LogP contribution in [0.5, 0.6) is 0 Å². The van der Waals surface area contributed by atoms with E-state index >= 15 is 0 Å². The molecule has 0 aliphatic heterocycles. The number of carboxylic acid groups (broad SMARTS) is 1. The molecule has 0 unspecified atom stereocenters. The number of benzene rings is 3. The number of anilines is 1. The van der Waals surface area contributed by atoms with Crippen LogP contribution < -0.4 is 10.7 Å². The first kappa shape index (κ1) is 20.0. The quantitative estimate of drug-likeness (QED) is 0.441. The molecule has 0 fully saturated rings. The van der Waals surface area contributed by atoms with Crippen LogP contribution in [0.1, 0.15) is 26.3 Å². The number of carbonyl (C=O) groups is 2. The molecule has 0 atom stereocenters. The number of nitrogens with one attached hydrogen (secondary N) is 2. The fourth-order valence-corrected chi connectivity index (χ4v) is 2.92. The van der Waals surface area contributed by atoms with Crippen LogP contribution >= 0.6 is 12.2 Å². The molecule has 0 saturated carbocycles. The van der Waals surface area contributed by atoms with E-state index < -0.39 is 11.9 Å². The SMILES string of the molecule is O=C(O)c1ccccc1C(=O)NN(Cc1ccccc1)C(=S)Nc1ccccc1. The molecular weight excluding hydrogens is 386 g/mol. The van der Waals surface area contributed by atoms with Crippen LogP contribution in [0, 0.1) is 0 Å². The van der Waals surface area contributed by atoms with Crippen molar-refractivity contribution < 1.29 is 14.7 Å². The predicted molar refractivity (Wildman–Crippen MR) is 116 cm³/mol. The normalized spacial score (nSPS) is 10.1. The summed E-state index contributed by atoms with van der Waals surface area (Å²) >= 11 is 5.49. The van der Waals surface area contributed by atoms with E-state index in [1.54, 1.807) is 12.1 Å². The molecule has 0 saturated heterocycles. The van der Waals surface area contributed by atoms with E-state index in [4.69, 9.17) is 12.2 Å². The second kappa shape index (κ2) is 9.48. The lowest BCUT2D eigenvalue weighted by Crippen LogP contribution is -2.47. The standard InChI is InChI=1S/C22H19N3O3S/c26-20(18-13-7-8-14-19(18)21(27)28)24-25(15-16-9-3-1-4-10-16)22(29)23-17-11-5-2-6-12-17/h1-14H,15H2,(H,23,29)(H,24,26)(H,27,28). The van der Waals surface area contributed by atoms with Gasteiger partial charge in [-0.15, -0.1) is 0 Å². The van der Waals surface area contributed by atoms with E-state index in [2.05, 4.69) is 10.7 Å². The first-order chi connectivity index (χ1) is 14.0. The number of aromatic carboxylic acids is 1. The van der Waals surface area contributed by atoms with Crippen molar-refractivity contribution in [1.82, 2.24) is 10.4 Å². The molecular formula is C22H19N3O3S. The number of hydrazine groups is 1. The minimum absolute atomic E-state index is 0.0561. The largest absolute Gasteiger partial charge is 0.478 e. The van der Waals surface area contributed by atoms with Gasteiger partial charge in [-0.05, 0) is 42.0 Å². The van der Waals surface area contributed by atoms with Crippen molar-refractivity contribution in [3.63, 3.8) is 0 Å². The Labute approximate surface area is 173 Å². The van der Waals surface area contributed by atoms with Crippen LogP contribution in [0.15, 0.2) is 84.9 Å².